The molecule has 24 heteroatoms. The predicted octanol–water partition coefficient (Wildman–Crippen LogP) is 0.705. The number of phenolic OH excluding ortho intramolecular Hbond substituents is 1. The standard InChI is InChI=1S/C52H67N13O11/c1-3-29(2)44(48(72)62-39(24-33-26-56-28-58-33)49(73)64-21-9-15-41(64)47(71)63-40(51(75)76)23-30-10-5-4-6-11-30)65-27-32-12-7-13-36(43(32)59-38(50(65)74)22-31-16-18-34(66)19-17-31)60-46(70)37(14-8-20-57-52(54)55)61-45(69)35(53)25-42(67)68/h4-7,10-13,16-19,26,28-29,35,37-41,44,59,66H,3,8-9,14-15,20-25,27,53H2,1-2H3,(H,56,58)(H,60,70)(H,61,69)(H,62,72)(H,63,71)(H,67,68)(H,75,76)(H4,54,55,57)/t29-,35-,37-,38-,39-,40-,41-,44-/m0/s1. The van der Waals surface area contributed by atoms with Gasteiger partial charge >= 0.3 is 11.9 Å². The number of carboxylic acid groups (broad SMARTS) is 2. The zero-order valence-corrected chi connectivity index (χ0v) is 42.3. The molecule has 0 radical (unpaired) electrons. The Morgan fingerprint density at radius 1 is 0.868 bits per heavy atom. The van der Waals surface area contributed by atoms with Crippen molar-refractivity contribution in [1.29, 1.82) is 0 Å². The van der Waals surface area contributed by atoms with Crippen molar-refractivity contribution in [2.75, 3.05) is 23.7 Å². The van der Waals surface area contributed by atoms with Crippen LogP contribution >= 0.6 is 0 Å². The average molecular weight is 1050 g/mol. The summed E-state index contributed by atoms with van der Waals surface area (Å²) in [6.07, 6.45) is 3.47. The number of guanidine groups is 1. The van der Waals surface area contributed by atoms with Crippen LogP contribution in [0.1, 0.15) is 74.8 Å². The first-order valence-electron chi connectivity index (χ1n) is 25.1. The third-order valence-electron chi connectivity index (χ3n) is 13.5. The van der Waals surface area contributed by atoms with E-state index in [2.05, 4.69) is 41.5 Å². The normalized spacial score (nSPS) is 17.5. The Kier molecular flexibility index (Phi) is 19.9. The van der Waals surface area contributed by atoms with Crippen LogP contribution in [0.15, 0.2) is 90.3 Å². The lowest BCUT2D eigenvalue weighted by atomic mass is 9.94. The molecule has 24 nitrogen and oxygen atoms in total. The molecular weight excluding hydrogens is 983 g/mol. The van der Waals surface area contributed by atoms with Crippen molar-refractivity contribution in [3.05, 3.63) is 108 Å². The number of nitrogens with one attached hydrogen (secondary N) is 6. The van der Waals surface area contributed by atoms with Crippen LogP contribution in [0.25, 0.3) is 0 Å². The quantitative estimate of drug-likeness (QED) is 0.0247. The van der Waals surface area contributed by atoms with E-state index in [0.29, 0.717) is 40.9 Å². The number of likely N-dealkylation sites (tertiary alicyclic amines) is 1. The van der Waals surface area contributed by atoms with E-state index in [-0.39, 0.29) is 75.6 Å². The molecule has 0 spiro atoms. The summed E-state index contributed by atoms with van der Waals surface area (Å²) >= 11 is 0. The van der Waals surface area contributed by atoms with Crippen LogP contribution in [0.5, 0.6) is 5.75 Å². The minimum Gasteiger partial charge on any atom is -0.508 e. The first kappa shape index (κ1) is 56.8. The molecule has 6 rings (SSSR count). The van der Waals surface area contributed by atoms with Crippen molar-refractivity contribution in [2.24, 2.45) is 28.1 Å². The molecule has 0 bridgehead atoms. The van der Waals surface area contributed by atoms with Gasteiger partial charge in [-0.1, -0.05) is 74.9 Å². The molecule has 0 saturated carbocycles. The third kappa shape index (κ3) is 15.3. The van der Waals surface area contributed by atoms with Gasteiger partial charge in [-0.05, 0) is 66.5 Å². The lowest BCUT2D eigenvalue weighted by Gasteiger charge is -2.36. The molecule has 1 aromatic heterocycles. The van der Waals surface area contributed by atoms with Gasteiger partial charge in [0.15, 0.2) is 5.96 Å². The number of amides is 6. The second kappa shape index (κ2) is 26.6. The number of aliphatic imine (C=N–C) groups is 1. The molecule has 1 fully saturated rings. The lowest BCUT2D eigenvalue weighted by molar-refractivity contribution is -0.147. The van der Waals surface area contributed by atoms with Gasteiger partial charge in [-0.25, -0.2) is 9.78 Å². The van der Waals surface area contributed by atoms with Gasteiger partial charge in [0.25, 0.3) is 0 Å². The van der Waals surface area contributed by atoms with Gasteiger partial charge in [0, 0.05) is 50.8 Å². The van der Waals surface area contributed by atoms with Crippen molar-refractivity contribution >= 4 is 64.7 Å². The number of nitrogens with two attached hydrogens (primary N) is 3. The Labute approximate surface area is 438 Å². The number of benzene rings is 3. The number of rotatable bonds is 25. The van der Waals surface area contributed by atoms with Crippen LogP contribution in [-0.4, -0.2) is 144 Å². The Bertz CT molecular complexity index is 2720. The van der Waals surface area contributed by atoms with Gasteiger partial charge in [0.2, 0.25) is 35.4 Å². The fourth-order valence-corrected chi connectivity index (χ4v) is 9.32. The van der Waals surface area contributed by atoms with E-state index < -0.39 is 102 Å². The number of aromatic nitrogens is 2. The first-order chi connectivity index (χ1) is 36.3. The van der Waals surface area contributed by atoms with Gasteiger partial charge in [0.05, 0.1) is 30.2 Å². The van der Waals surface area contributed by atoms with Gasteiger partial charge < -0.3 is 73.9 Å². The van der Waals surface area contributed by atoms with E-state index in [1.165, 1.54) is 34.5 Å². The number of anilines is 2. The van der Waals surface area contributed by atoms with Gasteiger partial charge in [-0.15, -0.1) is 0 Å². The molecule has 76 heavy (non-hydrogen) atoms. The van der Waals surface area contributed by atoms with Crippen molar-refractivity contribution in [3.8, 4) is 5.75 Å². The molecule has 0 aliphatic carbocycles. The van der Waals surface area contributed by atoms with E-state index in [1.54, 1.807) is 67.6 Å². The minimum absolute atomic E-state index is 0.00740. The van der Waals surface area contributed by atoms with Crippen LogP contribution in [0.2, 0.25) is 0 Å². The maximum Gasteiger partial charge on any atom is 0.326 e. The SMILES string of the molecule is CC[C@H](C)[C@@H](C(=O)N[C@@H](Cc1cnc[nH]1)C(=O)N1CCC[C@H]1C(=O)N[C@@H](Cc1ccccc1)C(=O)O)N1Cc2cccc(NC(=O)[C@H](CCCN=C(N)N)NC(=O)[C@@H](N)CC(=O)O)c2N[C@@H](Cc2ccc(O)cc2)C1=O. The van der Waals surface area contributed by atoms with E-state index in [4.69, 9.17) is 17.2 Å². The van der Waals surface area contributed by atoms with Crippen LogP contribution < -0.4 is 43.8 Å². The number of aromatic amines is 1. The predicted molar refractivity (Wildman–Crippen MR) is 279 cm³/mol. The lowest BCUT2D eigenvalue weighted by Crippen LogP contribution is -2.60. The molecule has 4 aromatic rings. The van der Waals surface area contributed by atoms with Gasteiger partial charge in [-0.2, -0.15) is 0 Å². The summed E-state index contributed by atoms with van der Waals surface area (Å²) in [5, 5.41) is 43.7. The van der Waals surface area contributed by atoms with Crippen molar-refractivity contribution in [2.45, 2.75) is 120 Å². The molecular formula is C52H67N13O11. The number of nitrogens with zero attached hydrogens (tertiary/aromatic N) is 4. The summed E-state index contributed by atoms with van der Waals surface area (Å²) in [6.45, 7) is 3.72. The number of fused-ring (bicyclic) bond motifs is 1. The zero-order chi connectivity index (χ0) is 55.1. The number of carbonyl (C=O) groups excluding carboxylic acids is 6. The monoisotopic (exact) mass is 1050 g/mol. The molecule has 406 valence electrons. The second-order valence-electron chi connectivity index (χ2n) is 19.0. The van der Waals surface area contributed by atoms with Crippen molar-refractivity contribution < 1.29 is 53.7 Å². The highest BCUT2D eigenvalue weighted by Crippen LogP contribution is 2.34. The summed E-state index contributed by atoms with van der Waals surface area (Å²) < 4.78 is 0. The highest BCUT2D eigenvalue weighted by Gasteiger charge is 2.43. The minimum atomic E-state index is -1.47. The van der Waals surface area contributed by atoms with Crippen LogP contribution in [0.4, 0.5) is 11.4 Å². The van der Waals surface area contributed by atoms with E-state index in [1.807, 2.05) is 6.92 Å². The first-order valence-corrected chi connectivity index (χ1v) is 25.1. The Hall–Kier alpha value is -8.54. The van der Waals surface area contributed by atoms with E-state index in [0.717, 1.165) is 0 Å². The van der Waals surface area contributed by atoms with Crippen molar-refractivity contribution in [1.82, 2.24) is 35.7 Å². The molecule has 8 atom stereocenters. The topological polar surface area (TPSA) is 383 Å². The number of carboxylic acids is 2. The Morgan fingerprint density at radius 2 is 1.59 bits per heavy atom. The molecule has 2 aliphatic rings. The van der Waals surface area contributed by atoms with Crippen LogP contribution in [-0.2, 0) is 64.2 Å². The number of hydrogen-bond acceptors (Lipinski definition) is 13. The number of carbonyl (C=O) groups is 8. The second-order valence-corrected chi connectivity index (χ2v) is 19.0. The number of H-pyrrole nitrogens is 1. The Morgan fingerprint density at radius 3 is 2.25 bits per heavy atom. The summed E-state index contributed by atoms with van der Waals surface area (Å²) in [7, 11) is 0. The van der Waals surface area contributed by atoms with Crippen LogP contribution in [0.3, 0.4) is 0 Å². The summed E-state index contributed by atoms with van der Waals surface area (Å²) in [6, 6.07) is 11.3. The number of imidazole rings is 1. The summed E-state index contributed by atoms with van der Waals surface area (Å²) in [4.78, 5) is 124. The van der Waals surface area contributed by atoms with E-state index in [9.17, 15) is 44.1 Å². The molecule has 1 saturated heterocycles. The average Bonchev–Trinajstić information content (AvgIpc) is 4.09. The molecule has 2 aliphatic heterocycles. The zero-order valence-electron chi connectivity index (χ0n) is 42.3. The molecule has 15 N–H and O–H groups in total. The smallest absolute Gasteiger partial charge is 0.326 e. The highest BCUT2D eigenvalue weighted by atomic mass is 16.4. The largest absolute Gasteiger partial charge is 0.508 e. The van der Waals surface area contributed by atoms with Crippen LogP contribution in [0, 0.1) is 5.92 Å². The number of aromatic hydroxyl groups is 1. The third-order valence-corrected chi connectivity index (χ3v) is 13.5. The number of para-hydroxylation sites is 1. The fraction of sp³-hybridized carbons (Fsp3) is 0.423. The van der Waals surface area contributed by atoms with Crippen molar-refractivity contribution in [3.63, 3.8) is 0 Å². The van der Waals surface area contributed by atoms with E-state index >= 15 is 9.59 Å². The fourth-order valence-electron chi connectivity index (χ4n) is 9.32. The number of hydrogen-bond donors (Lipinski definition) is 12. The highest BCUT2D eigenvalue weighted by molar-refractivity contribution is 6.02. The molecule has 0 unspecified atom stereocenters. The summed E-state index contributed by atoms with van der Waals surface area (Å²) in [5.74, 6) is -7.33. The maximum atomic E-state index is 15.2. The van der Waals surface area contributed by atoms with Gasteiger partial charge in [-0.3, -0.25) is 38.6 Å². The summed E-state index contributed by atoms with van der Waals surface area (Å²) in [5.41, 5.74) is 19.6. The number of aliphatic carboxylic acids is 2. The molecule has 3 aromatic carbocycles. The molecule has 3 heterocycles. The Balaban J connectivity index is 1.32. The molecule has 6 amide bonds. The number of phenols is 1. The van der Waals surface area contributed by atoms with Gasteiger partial charge in [0.1, 0.15) is 42.0 Å². The maximum absolute atomic E-state index is 15.2.